The molecule has 1 aliphatic carbocycles. The number of halogens is 1. The zero-order valence-corrected chi connectivity index (χ0v) is 12.7. The smallest absolute Gasteiger partial charge is 0.223 e. The van der Waals surface area contributed by atoms with Gasteiger partial charge in [0.25, 0.3) is 0 Å². The van der Waals surface area contributed by atoms with Gasteiger partial charge in [-0.25, -0.2) is 9.97 Å². The number of para-hydroxylation sites is 1. The summed E-state index contributed by atoms with van der Waals surface area (Å²) in [5.74, 6) is 1.98. The van der Waals surface area contributed by atoms with Crippen molar-refractivity contribution in [1.29, 1.82) is 0 Å². The Morgan fingerprint density at radius 2 is 1.86 bits per heavy atom. The fraction of sp³-hybridized carbons (Fsp3) is 0.200. The first kappa shape index (κ1) is 12.6. The summed E-state index contributed by atoms with van der Waals surface area (Å²) in [5.41, 5.74) is 7.42. The van der Waals surface area contributed by atoms with E-state index in [2.05, 4.69) is 35.9 Å². The molecule has 0 aliphatic heterocycles. The van der Waals surface area contributed by atoms with Crippen LogP contribution in [0.4, 0.5) is 5.95 Å². The number of nitrogen functional groups attached to an aromatic ring is 1. The molecule has 0 spiro atoms. The Kier molecular flexibility index (Phi) is 2.85. The Hall–Kier alpha value is -2.08. The normalized spacial score (nSPS) is 14.5. The van der Waals surface area contributed by atoms with Gasteiger partial charge >= 0.3 is 0 Å². The molecule has 104 valence electrons. The number of nitrogens with two attached hydrogens (primary N) is 1. The van der Waals surface area contributed by atoms with Crippen molar-refractivity contribution < 1.29 is 0 Å². The Labute approximate surface area is 129 Å². The van der Waals surface area contributed by atoms with E-state index in [-0.39, 0.29) is 5.95 Å². The largest absolute Gasteiger partial charge is 0.368 e. The summed E-state index contributed by atoms with van der Waals surface area (Å²) in [4.78, 5) is 17.7. The second kappa shape index (κ2) is 4.73. The number of anilines is 1. The summed E-state index contributed by atoms with van der Waals surface area (Å²) in [6, 6.07) is 9.97. The maximum atomic E-state index is 5.82. The molecular weight excluding hydrogens is 330 g/mol. The van der Waals surface area contributed by atoms with Crippen LogP contribution < -0.4 is 5.73 Å². The molecule has 0 radical (unpaired) electrons. The SMILES string of the molecule is Nc1nc(-c2nc3ccccc3cc2Br)nc(C2CC2)n1. The van der Waals surface area contributed by atoms with E-state index in [4.69, 9.17) is 5.73 Å². The van der Waals surface area contributed by atoms with Crippen molar-refractivity contribution in [2.75, 3.05) is 5.73 Å². The highest BCUT2D eigenvalue weighted by Crippen LogP contribution is 2.39. The number of pyridine rings is 1. The van der Waals surface area contributed by atoms with Crippen LogP contribution in [-0.4, -0.2) is 19.9 Å². The Bertz CT molecular complexity index is 845. The number of hydrogen-bond donors (Lipinski definition) is 1. The lowest BCUT2D eigenvalue weighted by molar-refractivity contribution is 0.899. The fourth-order valence-electron chi connectivity index (χ4n) is 2.29. The zero-order valence-electron chi connectivity index (χ0n) is 11.1. The second-order valence-corrected chi connectivity index (χ2v) is 6.02. The molecule has 21 heavy (non-hydrogen) atoms. The monoisotopic (exact) mass is 341 g/mol. The van der Waals surface area contributed by atoms with Gasteiger partial charge in [0.15, 0.2) is 5.82 Å². The average molecular weight is 342 g/mol. The van der Waals surface area contributed by atoms with Crippen molar-refractivity contribution in [3.8, 4) is 11.5 Å². The minimum absolute atomic E-state index is 0.253. The van der Waals surface area contributed by atoms with Crippen LogP contribution in [0.25, 0.3) is 22.4 Å². The van der Waals surface area contributed by atoms with Gasteiger partial charge in [0.2, 0.25) is 5.95 Å². The van der Waals surface area contributed by atoms with Crippen LogP contribution in [-0.2, 0) is 0 Å². The van der Waals surface area contributed by atoms with Crippen molar-refractivity contribution in [2.24, 2.45) is 0 Å². The van der Waals surface area contributed by atoms with Gasteiger partial charge < -0.3 is 5.73 Å². The fourth-order valence-corrected chi connectivity index (χ4v) is 2.80. The van der Waals surface area contributed by atoms with Crippen LogP contribution in [0.2, 0.25) is 0 Å². The van der Waals surface area contributed by atoms with Crippen LogP contribution >= 0.6 is 15.9 Å². The molecule has 1 saturated carbocycles. The third-order valence-corrected chi connectivity index (χ3v) is 4.11. The lowest BCUT2D eigenvalue weighted by Gasteiger charge is -2.07. The number of benzene rings is 1. The molecule has 2 heterocycles. The van der Waals surface area contributed by atoms with E-state index in [0.717, 1.165) is 34.0 Å². The molecule has 2 aromatic heterocycles. The number of rotatable bonds is 2. The molecule has 0 unspecified atom stereocenters. The Morgan fingerprint density at radius 3 is 2.67 bits per heavy atom. The highest BCUT2D eigenvalue weighted by atomic mass is 79.9. The van der Waals surface area contributed by atoms with E-state index in [0.29, 0.717) is 17.4 Å². The quantitative estimate of drug-likeness (QED) is 0.773. The molecule has 0 bridgehead atoms. The first-order chi connectivity index (χ1) is 10.2. The van der Waals surface area contributed by atoms with Crippen molar-refractivity contribution in [3.05, 3.63) is 40.6 Å². The molecular formula is C15H12BrN5. The lowest BCUT2D eigenvalue weighted by Crippen LogP contribution is -2.05. The van der Waals surface area contributed by atoms with Crippen molar-refractivity contribution in [3.63, 3.8) is 0 Å². The van der Waals surface area contributed by atoms with Gasteiger partial charge in [-0.05, 0) is 40.9 Å². The third kappa shape index (κ3) is 2.35. The Morgan fingerprint density at radius 1 is 1.05 bits per heavy atom. The van der Waals surface area contributed by atoms with E-state index in [1.165, 1.54) is 0 Å². The summed E-state index contributed by atoms with van der Waals surface area (Å²) in [6.45, 7) is 0. The molecule has 0 amide bonds. The molecule has 1 fully saturated rings. The van der Waals surface area contributed by atoms with Crippen LogP contribution in [0.15, 0.2) is 34.8 Å². The highest BCUT2D eigenvalue weighted by molar-refractivity contribution is 9.10. The minimum atomic E-state index is 0.253. The maximum Gasteiger partial charge on any atom is 0.223 e. The van der Waals surface area contributed by atoms with E-state index in [1.54, 1.807) is 0 Å². The van der Waals surface area contributed by atoms with Crippen LogP contribution in [0.1, 0.15) is 24.6 Å². The van der Waals surface area contributed by atoms with Crippen molar-refractivity contribution >= 4 is 32.8 Å². The first-order valence-corrected chi connectivity index (χ1v) is 7.57. The van der Waals surface area contributed by atoms with Gasteiger partial charge in [0.05, 0.1) is 5.52 Å². The van der Waals surface area contributed by atoms with Crippen LogP contribution in [0.5, 0.6) is 0 Å². The van der Waals surface area contributed by atoms with Crippen molar-refractivity contribution in [1.82, 2.24) is 19.9 Å². The number of nitrogens with zero attached hydrogens (tertiary/aromatic N) is 4. The number of hydrogen-bond acceptors (Lipinski definition) is 5. The van der Waals surface area contributed by atoms with Gasteiger partial charge in [0.1, 0.15) is 11.5 Å². The number of aromatic nitrogens is 4. The summed E-state index contributed by atoms with van der Waals surface area (Å²) in [5, 5.41) is 1.07. The first-order valence-electron chi connectivity index (χ1n) is 6.78. The van der Waals surface area contributed by atoms with Gasteiger partial charge in [0, 0.05) is 15.8 Å². The molecule has 1 aromatic carbocycles. The molecule has 0 saturated heterocycles. The molecule has 6 heteroatoms. The topological polar surface area (TPSA) is 77.6 Å². The molecule has 2 N–H and O–H groups in total. The molecule has 0 atom stereocenters. The van der Waals surface area contributed by atoms with E-state index in [9.17, 15) is 0 Å². The summed E-state index contributed by atoms with van der Waals surface area (Å²) >= 11 is 3.55. The summed E-state index contributed by atoms with van der Waals surface area (Å²) in [7, 11) is 0. The van der Waals surface area contributed by atoms with Crippen molar-refractivity contribution in [2.45, 2.75) is 18.8 Å². The molecule has 1 aliphatic rings. The molecule has 5 nitrogen and oxygen atoms in total. The standard InChI is InChI=1S/C15H12BrN5/c16-10-7-9-3-1-2-4-11(9)18-12(10)14-19-13(8-5-6-8)20-15(17)21-14/h1-4,7-8H,5-6H2,(H2,17,19,20,21). The predicted molar refractivity (Wildman–Crippen MR) is 84.7 cm³/mol. The van der Waals surface area contributed by atoms with Crippen LogP contribution in [0, 0.1) is 0 Å². The summed E-state index contributed by atoms with van der Waals surface area (Å²) < 4.78 is 0.855. The maximum absolute atomic E-state index is 5.82. The molecule has 3 aromatic rings. The molecule has 4 rings (SSSR count). The van der Waals surface area contributed by atoms with E-state index in [1.807, 2.05) is 30.3 Å². The lowest BCUT2D eigenvalue weighted by atomic mass is 10.2. The van der Waals surface area contributed by atoms with Gasteiger partial charge in [-0.2, -0.15) is 9.97 Å². The van der Waals surface area contributed by atoms with Gasteiger partial charge in [-0.1, -0.05) is 18.2 Å². The number of fused-ring (bicyclic) bond motifs is 1. The Balaban J connectivity index is 1.91. The zero-order chi connectivity index (χ0) is 14.4. The van der Waals surface area contributed by atoms with Crippen LogP contribution in [0.3, 0.4) is 0 Å². The van der Waals surface area contributed by atoms with Gasteiger partial charge in [-0.15, -0.1) is 0 Å². The highest BCUT2D eigenvalue weighted by Gasteiger charge is 2.28. The van der Waals surface area contributed by atoms with Gasteiger partial charge in [-0.3, -0.25) is 0 Å². The predicted octanol–water partition coefficient (Wildman–Crippen LogP) is 3.31. The minimum Gasteiger partial charge on any atom is -0.368 e. The second-order valence-electron chi connectivity index (χ2n) is 5.16. The van der Waals surface area contributed by atoms with E-state index < -0.39 is 0 Å². The summed E-state index contributed by atoms with van der Waals surface area (Å²) in [6.07, 6.45) is 2.24. The third-order valence-electron chi connectivity index (χ3n) is 3.50. The average Bonchev–Trinajstić information content (AvgIpc) is 3.30. The van der Waals surface area contributed by atoms with E-state index >= 15 is 0 Å².